The second-order valence-corrected chi connectivity index (χ2v) is 5.22. The van der Waals surface area contributed by atoms with E-state index in [-0.39, 0.29) is 18.4 Å². The summed E-state index contributed by atoms with van der Waals surface area (Å²) in [5.74, 6) is 0.164. The third kappa shape index (κ3) is 4.57. The molecule has 0 aliphatic rings. The van der Waals surface area contributed by atoms with Crippen molar-refractivity contribution in [3.05, 3.63) is 54.1 Å². The van der Waals surface area contributed by atoms with Gasteiger partial charge in [0, 0.05) is 24.4 Å². The number of hydrogen-bond donors (Lipinski definition) is 1. The van der Waals surface area contributed by atoms with Crippen LogP contribution >= 0.6 is 0 Å². The first kappa shape index (κ1) is 16.5. The van der Waals surface area contributed by atoms with Crippen molar-refractivity contribution in [2.24, 2.45) is 0 Å². The standard InChI is InChI=1S/C18H20N2O3/c1-13-7-9-15(10-8-13)19-18(22)12-20(14(2)21)16-5-4-6-17(11-16)23-3/h4-11H,12H2,1-3H3,(H,19,22). The molecule has 0 saturated heterocycles. The van der Waals surface area contributed by atoms with Gasteiger partial charge in [-0.05, 0) is 31.2 Å². The highest BCUT2D eigenvalue weighted by atomic mass is 16.5. The molecular weight excluding hydrogens is 292 g/mol. The molecule has 0 saturated carbocycles. The number of nitrogens with zero attached hydrogens (tertiary/aromatic N) is 1. The molecule has 0 spiro atoms. The van der Waals surface area contributed by atoms with Gasteiger partial charge in [0.15, 0.2) is 0 Å². The summed E-state index contributed by atoms with van der Waals surface area (Å²) >= 11 is 0. The van der Waals surface area contributed by atoms with Gasteiger partial charge in [-0.1, -0.05) is 23.8 Å². The van der Waals surface area contributed by atoms with Crippen LogP contribution in [-0.4, -0.2) is 25.5 Å². The summed E-state index contributed by atoms with van der Waals surface area (Å²) in [5.41, 5.74) is 2.44. The molecular formula is C18H20N2O3. The molecule has 0 radical (unpaired) electrons. The molecule has 120 valence electrons. The van der Waals surface area contributed by atoms with E-state index >= 15 is 0 Å². The number of amides is 2. The lowest BCUT2D eigenvalue weighted by Crippen LogP contribution is -2.36. The number of ether oxygens (including phenoxy) is 1. The van der Waals surface area contributed by atoms with Crippen molar-refractivity contribution >= 4 is 23.2 Å². The number of rotatable bonds is 5. The summed E-state index contributed by atoms with van der Waals surface area (Å²) in [6.07, 6.45) is 0. The van der Waals surface area contributed by atoms with Gasteiger partial charge in [-0.25, -0.2) is 0 Å². The van der Waals surface area contributed by atoms with Crippen LogP contribution in [-0.2, 0) is 9.59 Å². The Morgan fingerprint density at radius 2 is 1.83 bits per heavy atom. The van der Waals surface area contributed by atoms with Crippen molar-refractivity contribution < 1.29 is 14.3 Å². The first-order valence-electron chi connectivity index (χ1n) is 7.28. The van der Waals surface area contributed by atoms with E-state index in [1.54, 1.807) is 31.4 Å². The van der Waals surface area contributed by atoms with Crippen LogP contribution in [0.1, 0.15) is 12.5 Å². The summed E-state index contributed by atoms with van der Waals surface area (Å²) in [6, 6.07) is 14.6. The van der Waals surface area contributed by atoms with E-state index in [2.05, 4.69) is 5.32 Å². The number of carbonyl (C=O) groups is 2. The fourth-order valence-electron chi connectivity index (χ4n) is 2.14. The highest BCUT2D eigenvalue weighted by Gasteiger charge is 2.16. The number of benzene rings is 2. The number of methoxy groups -OCH3 is 1. The molecule has 0 heterocycles. The zero-order valence-corrected chi connectivity index (χ0v) is 13.5. The van der Waals surface area contributed by atoms with Crippen molar-refractivity contribution in [2.45, 2.75) is 13.8 Å². The molecule has 0 fully saturated rings. The van der Waals surface area contributed by atoms with Gasteiger partial charge in [0.25, 0.3) is 0 Å². The maximum absolute atomic E-state index is 12.2. The van der Waals surface area contributed by atoms with Crippen LogP contribution in [0.5, 0.6) is 5.75 Å². The normalized spacial score (nSPS) is 10.0. The summed E-state index contributed by atoms with van der Waals surface area (Å²) < 4.78 is 5.16. The van der Waals surface area contributed by atoms with E-state index in [1.807, 2.05) is 31.2 Å². The van der Waals surface area contributed by atoms with Crippen molar-refractivity contribution in [3.8, 4) is 5.75 Å². The Morgan fingerprint density at radius 3 is 2.43 bits per heavy atom. The molecule has 0 atom stereocenters. The zero-order chi connectivity index (χ0) is 16.8. The topological polar surface area (TPSA) is 58.6 Å². The van der Waals surface area contributed by atoms with Gasteiger partial charge in [-0.2, -0.15) is 0 Å². The second kappa shape index (κ2) is 7.45. The van der Waals surface area contributed by atoms with Crippen LogP contribution in [0.4, 0.5) is 11.4 Å². The lowest BCUT2D eigenvalue weighted by molar-refractivity contribution is -0.120. The largest absolute Gasteiger partial charge is 0.497 e. The minimum Gasteiger partial charge on any atom is -0.497 e. The van der Waals surface area contributed by atoms with Gasteiger partial charge in [0.1, 0.15) is 12.3 Å². The average Bonchev–Trinajstić information content (AvgIpc) is 2.54. The Kier molecular flexibility index (Phi) is 5.36. The van der Waals surface area contributed by atoms with E-state index in [4.69, 9.17) is 4.74 Å². The molecule has 23 heavy (non-hydrogen) atoms. The van der Waals surface area contributed by atoms with E-state index < -0.39 is 0 Å². The molecule has 0 bridgehead atoms. The summed E-state index contributed by atoms with van der Waals surface area (Å²) in [7, 11) is 1.56. The minimum absolute atomic E-state index is 0.0591. The van der Waals surface area contributed by atoms with Crippen molar-refractivity contribution in [2.75, 3.05) is 23.9 Å². The van der Waals surface area contributed by atoms with Crippen LogP contribution in [0.3, 0.4) is 0 Å². The monoisotopic (exact) mass is 312 g/mol. The Hall–Kier alpha value is -2.82. The molecule has 0 aliphatic carbocycles. The molecule has 5 nitrogen and oxygen atoms in total. The second-order valence-electron chi connectivity index (χ2n) is 5.22. The van der Waals surface area contributed by atoms with E-state index in [0.717, 1.165) is 5.56 Å². The molecule has 0 unspecified atom stereocenters. The Bertz CT molecular complexity index is 696. The number of anilines is 2. The predicted octanol–water partition coefficient (Wildman–Crippen LogP) is 3.00. The third-order valence-corrected chi connectivity index (χ3v) is 3.38. The number of carbonyl (C=O) groups excluding carboxylic acids is 2. The van der Waals surface area contributed by atoms with E-state index in [1.165, 1.54) is 11.8 Å². The SMILES string of the molecule is COc1cccc(N(CC(=O)Nc2ccc(C)cc2)C(C)=O)c1. The summed E-state index contributed by atoms with van der Waals surface area (Å²) in [4.78, 5) is 25.5. The van der Waals surface area contributed by atoms with Crippen LogP contribution < -0.4 is 15.0 Å². The van der Waals surface area contributed by atoms with Crippen LogP contribution in [0.25, 0.3) is 0 Å². The van der Waals surface area contributed by atoms with Crippen molar-refractivity contribution in [1.82, 2.24) is 0 Å². The molecule has 2 aromatic carbocycles. The maximum atomic E-state index is 12.2. The fraction of sp³-hybridized carbons (Fsp3) is 0.222. The third-order valence-electron chi connectivity index (χ3n) is 3.38. The summed E-state index contributed by atoms with van der Waals surface area (Å²) in [5, 5.41) is 2.79. The molecule has 2 rings (SSSR count). The fourth-order valence-corrected chi connectivity index (χ4v) is 2.14. The molecule has 2 amide bonds. The highest BCUT2D eigenvalue weighted by molar-refractivity contribution is 6.01. The van der Waals surface area contributed by atoms with Crippen molar-refractivity contribution in [3.63, 3.8) is 0 Å². The van der Waals surface area contributed by atoms with Crippen LogP contribution in [0.15, 0.2) is 48.5 Å². The molecule has 1 N–H and O–H groups in total. The van der Waals surface area contributed by atoms with Gasteiger partial charge in [-0.3, -0.25) is 9.59 Å². The van der Waals surface area contributed by atoms with E-state index in [0.29, 0.717) is 17.1 Å². The molecule has 0 aliphatic heterocycles. The van der Waals surface area contributed by atoms with Gasteiger partial charge < -0.3 is 15.0 Å². The molecule has 2 aromatic rings. The number of nitrogens with one attached hydrogen (secondary N) is 1. The van der Waals surface area contributed by atoms with Gasteiger partial charge in [0.05, 0.1) is 7.11 Å². The average molecular weight is 312 g/mol. The first-order chi connectivity index (χ1) is 11.0. The van der Waals surface area contributed by atoms with E-state index in [9.17, 15) is 9.59 Å². The van der Waals surface area contributed by atoms with Gasteiger partial charge in [-0.15, -0.1) is 0 Å². The first-order valence-corrected chi connectivity index (χ1v) is 7.28. The predicted molar refractivity (Wildman–Crippen MR) is 90.8 cm³/mol. The van der Waals surface area contributed by atoms with Crippen LogP contribution in [0, 0.1) is 6.92 Å². The Balaban J connectivity index is 2.11. The number of hydrogen-bond acceptors (Lipinski definition) is 3. The Labute approximate surface area is 135 Å². The van der Waals surface area contributed by atoms with Gasteiger partial charge >= 0.3 is 0 Å². The lowest BCUT2D eigenvalue weighted by Gasteiger charge is -2.21. The summed E-state index contributed by atoms with van der Waals surface area (Å²) in [6.45, 7) is 3.35. The smallest absolute Gasteiger partial charge is 0.244 e. The van der Waals surface area contributed by atoms with Crippen molar-refractivity contribution in [1.29, 1.82) is 0 Å². The Morgan fingerprint density at radius 1 is 1.13 bits per heavy atom. The molecule has 0 aromatic heterocycles. The zero-order valence-electron chi connectivity index (χ0n) is 13.5. The number of aryl methyl sites for hydroxylation is 1. The quantitative estimate of drug-likeness (QED) is 0.923. The molecule has 5 heteroatoms. The maximum Gasteiger partial charge on any atom is 0.244 e. The highest BCUT2D eigenvalue weighted by Crippen LogP contribution is 2.21. The van der Waals surface area contributed by atoms with Crippen LogP contribution in [0.2, 0.25) is 0 Å². The van der Waals surface area contributed by atoms with Gasteiger partial charge in [0.2, 0.25) is 11.8 Å². The lowest BCUT2D eigenvalue weighted by atomic mass is 10.2. The minimum atomic E-state index is -0.258.